The molecule has 4 nitrogen and oxygen atoms in total. The standard InChI is InChI=1S/C18H30N2O2S/c1-12-13(2)15(4)18(16(5)14(12)3)23(21,22)20-9-7-17(8-10-20)11-19-6/h17,19H,7-11H2,1-6H3. The van der Waals surface area contributed by atoms with Crippen LogP contribution in [0.15, 0.2) is 4.90 Å². The van der Waals surface area contributed by atoms with E-state index in [2.05, 4.69) is 12.2 Å². The molecule has 1 N–H and O–H groups in total. The number of nitrogens with one attached hydrogen (secondary N) is 1. The number of sulfonamides is 1. The van der Waals surface area contributed by atoms with Crippen LogP contribution in [0.25, 0.3) is 0 Å². The molecule has 0 aliphatic carbocycles. The first-order chi connectivity index (χ1) is 10.7. The normalized spacial score (nSPS) is 17.7. The molecule has 0 unspecified atom stereocenters. The molecular formula is C18H30N2O2S. The minimum absolute atomic E-state index is 0.533. The zero-order valence-corrected chi connectivity index (χ0v) is 16.1. The second-order valence-electron chi connectivity index (χ2n) is 6.86. The van der Waals surface area contributed by atoms with Gasteiger partial charge in [0, 0.05) is 13.1 Å². The van der Waals surface area contributed by atoms with E-state index >= 15 is 0 Å². The molecule has 1 saturated heterocycles. The summed E-state index contributed by atoms with van der Waals surface area (Å²) in [4.78, 5) is 0.533. The Morgan fingerprint density at radius 1 is 0.913 bits per heavy atom. The molecule has 1 fully saturated rings. The van der Waals surface area contributed by atoms with Crippen molar-refractivity contribution in [2.24, 2.45) is 5.92 Å². The Kier molecular flexibility index (Phi) is 5.54. The Morgan fingerprint density at radius 3 is 1.78 bits per heavy atom. The fraction of sp³-hybridized carbons (Fsp3) is 0.667. The van der Waals surface area contributed by atoms with Gasteiger partial charge in [-0.05, 0) is 94.8 Å². The van der Waals surface area contributed by atoms with E-state index in [1.54, 1.807) is 4.31 Å². The summed E-state index contributed by atoms with van der Waals surface area (Å²) in [6.45, 7) is 12.2. The van der Waals surface area contributed by atoms with Crippen molar-refractivity contribution in [3.05, 3.63) is 27.8 Å². The molecule has 1 aliphatic heterocycles. The van der Waals surface area contributed by atoms with E-state index in [4.69, 9.17) is 0 Å². The highest BCUT2D eigenvalue weighted by molar-refractivity contribution is 7.89. The minimum atomic E-state index is -3.41. The van der Waals surface area contributed by atoms with E-state index in [1.165, 1.54) is 5.56 Å². The lowest BCUT2D eigenvalue weighted by molar-refractivity contribution is 0.270. The second kappa shape index (κ2) is 6.91. The van der Waals surface area contributed by atoms with Gasteiger partial charge >= 0.3 is 0 Å². The number of rotatable bonds is 4. The lowest BCUT2D eigenvalue weighted by Gasteiger charge is -2.32. The monoisotopic (exact) mass is 338 g/mol. The minimum Gasteiger partial charge on any atom is -0.319 e. The summed E-state index contributed by atoms with van der Waals surface area (Å²) in [5, 5.41) is 3.19. The van der Waals surface area contributed by atoms with Crippen LogP contribution in [0.4, 0.5) is 0 Å². The maximum Gasteiger partial charge on any atom is 0.243 e. The SMILES string of the molecule is CNCC1CCN(S(=O)(=O)c2c(C)c(C)c(C)c(C)c2C)CC1. The third-order valence-electron chi connectivity index (χ3n) is 5.60. The molecule has 0 amide bonds. The summed E-state index contributed by atoms with van der Waals surface area (Å²) in [6.07, 6.45) is 1.87. The van der Waals surface area contributed by atoms with Crippen molar-refractivity contribution in [3.63, 3.8) is 0 Å². The fourth-order valence-electron chi connectivity index (χ4n) is 3.62. The molecule has 130 valence electrons. The Morgan fingerprint density at radius 2 is 1.35 bits per heavy atom. The average molecular weight is 339 g/mol. The summed E-state index contributed by atoms with van der Waals surface area (Å²) >= 11 is 0. The van der Waals surface area contributed by atoms with Gasteiger partial charge in [0.15, 0.2) is 0 Å². The van der Waals surface area contributed by atoms with Gasteiger partial charge in [0.1, 0.15) is 0 Å². The fourth-order valence-corrected chi connectivity index (χ4v) is 5.65. The first-order valence-electron chi connectivity index (χ1n) is 8.43. The molecule has 0 atom stereocenters. The van der Waals surface area contributed by atoms with E-state index in [-0.39, 0.29) is 0 Å². The molecule has 5 heteroatoms. The molecular weight excluding hydrogens is 308 g/mol. The van der Waals surface area contributed by atoms with Gasteiger partial charge in [-0.2, -0.15) is 4.31 Å². The largest absolute Gasteiger partial charge is 0.319 e. The molecule has 2 rings (SSSR count). The van der Waals surface area contributed by atoms with Crippen LogP contribution in [-0.4, -0.2) is 39.4 Å². The molecule has 0 spiro atoms. The van der Waals surface area contributed by atoms with Crippen molar-refractivity contribution >= 4 is 10.0 Å². The molecule has 1 aromatic carbocycles. The number of piperidine rings is 1. The highest BCUT2D eigenvalue weighted by atomic mass is 32.2. The van der Waals surface area contributed by atoms with E-state index in [0.29, 0.717) is 23.9 Å². The van der Waals surface area contributed by atoms with E-state index in [9.17, 15) is 8.42 Å². The molecule has 0 radical (unpaired) electrons. The zero-order chi connectivity index (χ0) is 17.4. The lowest BCUT2D eigenvalue weighted by Crippen LogP contribution is -2.41. The van der Waals surface area contributed by atoms with Crippen molar-refractivity contribution < 1.29 is 8.42 Å². The summed E-state index contributed by atoms with van der Waals surface area (Å²) in [6, 6.07) is 0. The van der Waals surface area contributed by atoms with E-state index < -0.39 is 10.0 Å². The van der Waals surface area contributed by atoms with Crippen LogP contribution in [0, 0.1) is 40.5 Å². The van der Waals surface area contributed by atoms with Gasteiger partial charge in [-0.1, -0.05) is 0 Å². The van der Waals surface area contributed by atoms with Crippen LogP contribution in [0.3, 0.4) is 0 Å². The van der Waals surface area contributed by atoms with Crippen molar-refractivity contribution in [2.75, 3.05) is 26.7 Å². The quantitative estimate of drug-likeness (QED) is 0.918. The maximum absolute atomic E-state index is 13.2. The smallest absolute Gasteiger partial charge is 0.243 e. The Balaban J connectivity index is 2.39. The van der Waals surface area contributed by atoms with Crippen LogP contribution in [0.1, 0.15) is 40.7 Å². The van der Waals surface area contributed by atoms with Crippen LogP contribution in [-0.2, 0) is 10.0 Å². The van der Waals surface area contributed by atoms with Crippen molar-refractivity contribution in [3.8, 4) is 0 Å². The second-order valence-corrected chi connectivity index (χ2v) is 8.73. The number of hydrogen-bond acceptors (Lipinski definition) is 3. The molecule has 0 saturated carbocycles. The summed E-state index contributed by atoms with van der Waals surface area (Å²) in [5.74, 6) is 0.579. The Bertz CT molecular complexity index is 658. The summed E-state index contributed by atoms with van der Waals surface area (Å²) < 4.78 is 28.1. The van der Waals surface area contributed by atoms with Crippen molar-refractivity contribution in [1.82, 2.24) is 9.62 Å². The first kappa shape index (κ1) is 18.4. The van der Waals surface area contributed by atoms with Gasteiger partial charge in [0.05, 0.1) is 4.90 Å². The van der Waals surface area contributed by atoms with Crippen LogP contribution < -0.4 is 5.32 Å². The third-order valence-corrected chi connectivity index (χ3v) is 7.77. The van der Waals surface area contributed by atoms with Crippen LogP contribution in [0.5, 0.6) is 0 Å². The van der Waals surface area contributed by atoms with Crippen molar-refractivity contribution in [2.45, 2.75) is 52.4 Å². The van der Waals surface area contributed by atoms with E-state index in [0.717, 1.165) is 41.6 Å². The molecule has 1 heterocycles. The average Bonchev–Trinajstić information content (AvgIpc) is 2.52. The van der Waals surface area contributed by atoms with Gasteiger partial charge in [0.2, 0.25) is 10.0 Å². The number of benzene rings is 1. The topological polar surface area (TPSA) is 49.4 Å². The van der Waals surface area contributed by atoms with Gasteiger partial charge in [0.25, 0.3) is 0 Å². The number of nitrogens with zero attached hydrogens (tertiary/aromatic N) is 1. The lowest BCUT2D eigenvalue weighted by atomic mass is 9.95. The Labute approximate surface area is 141 Å². The van der Waals surface area contributed by atoms with Crippen LogP contribution in [0.2, 0.25) is 0 Å². The molecule has 0 aromatic heterocycles. The van der Waals surface area contributed by atoms with Crippen LogP contribution >= 0.6 is 0 Å². The zero-order valence-electron chi connectivity index (χ0n) is 15.3. The predicted octanol–water partition coefficient (Wildman–Crippen LogP) is 2.85. The van der Waals surface area contributed by atoms with Gasteiger partial charge < -0.3 is 5.32 Å². The van der Waals surface area contributed by atoms with Gasteiger partial charge in [-0.15, -0.1) is 0 Å². The van der Waals surface area contributed by atoms with Gasteiger partial charge in [-0.3, -0.25) is 0 Å². The molecule has 23 heavy (non-hydrogen) atoms. The predicted molar refractivity (Wildman–Crippen MR) is 95.5 cm³/mol. The summed E-state index contributed by atoms with van der Waals surface area (Å²) in [7, 11) is -1.46. The first-order valence-corrected chi connectivity index (χ1v) is 9.87. The van der Waals surface area contributed by atoms with E-state index in [1.807, 2.05) is 34.7 Å². The molecule has 1 aliphatic rings. The van der Waals surface area contributed by atoms with Gasteiger partial charge in [-0.25, -0.2) is 8.42 Å². The third kappa shape index (κ3) is 3.32. The van der Waals surface area contributed by atoms with Crippen molar-refractivity contribution in [1.29, 1.82) is 0 Å². The number of hydrogen-bond donors (Lipinski definition) is 1. The maximum atomic E-state index is 13.2. The molecule has 0 bridgehead atoms. The molecule has 1 aromatic rings. The highest BCUT2D eigenvalue weighted by Gasteiger charge is 2.32. The Hall–Kier alpha value is -0.910. The highest BCUT2D eigenvalue weighted by Crippen LogP contribution is 2.33. The summed E-state index contributed by atoms with van der Waals surface area (Å²) in [5.41, 5.74) is 5.20.